The highest BCUT2D eigenvalue weighted by molar-refractivity contribution is 7.99. The summed E-state index contributed by atoms with van der Waals surface area (Å²) in [5.74, 6) is -0.786. The van der Waals surface area contributed by atoms with Crippen molar-refractivity contribution in [2.45, 2.75) is 9.79 Å². The van der Waals surface area contributed by atoms with E-state index in [0.717, 1.165) is 0 Å². The zero-order valence-electron chi connectivity index (χ0n) is 10.2. The van der Waals surface area contributed by atoms with Crippen LogP contribution >= 0.6 is 11.8 Å². The smallest absolute Gasteiger partial charge is 0.339 e. The Kier molecular flexibility index (Phi) is 4.06. The Morgan fingerprint density at radius 2 is 2.05 bits per heavy atom. The number of hydrogen-bond donors (Lipinski definition) is 1. The number of carbonyl (C=O) groups excluding carboxylic acids is 1. The number of benzene rings is 2. The number of ether oxygens (including phenoxy) is 1. The van der Waals surface area contributed by atoms with Gasteiger partial charge in [-0.15, -0.1) is 0 Å². The highest BCUT2D eigenvalue weighted by atomic mass is 32.2. The van der Waals surface area contributed by atoms with E-state index < -0.39 is 5.97 Å². The normalized spacial score (nSPS) is 10.2. The topological polar surface area (TPSA) is 52.3 Å². The quantitative estimate of drug-likeness (QED) is 0.690. The van der Waals surface area contributed by atoms with Crippen molar-refractivity contribution in [2.75, 3.05) is 12.8 Å². The minimum Gasteiger partial charge on any atom is -0.465 e. The van der Waals surface area contributed by atoms with Crippen LogP contribution in [0.2, 0.25) is 0 Å². The Hall–Kier alpha value is -2.01. The van der Waals surface area contributed by atoms with E-state index in [4.69, 9.17) is 10.5 Å². The fourth-order valence-corrected chi connectivity index (χ4v) is 2.52. The fraction of sp³-hybridized carbons (Fsp3) is 0.0714. The summed E-state index contributed by atoms with van der Waals surface area (Å²) in [6.45, 7) is 0. The van der Waals surface area contributed by atoms with E-state index in [9.17, 15) is 9.18 Å². The minimum atomic E-state index is -0.466. The van der Waals surface area contributed by atoms with E-state index in [0.29, 0.717) is 21.0 Å². The van der Waals surface area contributed by atoms with Crippen LogP contribution in [0.15, 0.2) is 52.3 Å². The second-order valence-corrected chi connectivity index (χ2v) is 4.92. The molecule has 2 aromatic carbocycles. The zero-order chi connectivity index (χ0) is 13.8. The first-order chi connectivity index (χ1) is 9.10. The van der Waals surface area contributed by atoms with Crippen LogP contribution in [0.1, 0.15) is 10.4 Å². The molecule has 0 atom stereocenters. The molecule has 0 aliphatic carbocycles. The van der Waals surface area contributed by atoms with Crippen LogP contribution in [0.4, 0.5) is 10.1 Å². The van der Waals surface area contributed by atoms with E-state index in [2.05, 4.69) is 0 Å². The molecule has 98 valence electrons. The molecule has 2 N–H and O–H groups in total. The first-order valence-electron chi connectivity index (χ1n) is 5.51. The minimum absolute atomic E-state index is 0.319. The molecule has 3 nitrogen and oxygen atoms in total. The van der Waals surface area contributed by atoms with Gasteiger partial charge in [-0.1, -0.05) is 17.8 Å². The van der Waals surface area contributed by atoms with Gasteiger partial charge >= 0.3 is 5.97 Å². The summed E-state index contributed by atoms with van der Waals surface area (Å²) >= 11 is 1.28. The Balaban J connectivity index is 2.37. The van der Waals surface area contributed by atoms with Gasteiger partial charge < -0.3 is 10.5 Å². The van der Waals surface area contributed by atoms with Crippen molar-refractivity contribution in [1.82, 2.24) is 0 Å². The standard InChI is InChI=1S/C14H12FNO2S/c1-18-14(17)12-8-10(16)5-6-13(12)19-11-4-2-3-9(15)7-11/h2-8H,16H2,1H3. The van der Waals surface area contributed by atoms with Crippen molar-refractivity contribution >= 4 is 23.4 Å². The van der Waals surface area contributed by atoms with Gasteiger partial charge in [-0.05, 0) is 36.4 Å². The van der Waals surface area contributed by atoms with Gasteiger partial charge in [-0.3, -0.25) is 0 Å². The number of methoxy groups -OCH3 is 1. The van der Waals surface area contributed by atoms with Gasteiger partial charge in [-0.2, -0.15) is 0 Å². The van der Waals surface area contributed by atoms with Crippen LogP contribution < -0.4 is 5.73 Å². The highest BCUT2D eigenvalue weighted by Gasteiger charge is 2.13. The summed E-state index contributed by atoms with van der Waals surface area (Å²) in [4.78, 5) is 13.1. The van der Waals surface area contributed by atoms with Gasteiger partial charge in [0.1, 0.15) is 5.82 Å². The molecule has 19 heavy (non-hydrogen) atoms. The Bertz CT molecular complexity index is 616. The molecule has 0 spiro atoms. The van der Waals surface area contributed by atoms with E-state index >= 15 is 0 Å². The average Bonchev–Trinajstić information content (AvgIpc) is 2.40. The van der Waals surface area contributed by atoms with Crippen molar-refractivity contribution in [2.24, 2.45) is 0 Å². The molecule has 0 amide bonds. The van der Waals surface area contributed by atoms with Crippen LogP contribution in [-0.4, -0.2) is 13.1 Å². The third kappa shape index (κ3) is 3.26. The largest absolute Gasteiger partial charge is 0.465 e. The molecular formula is C14H12FNO2S. The van der Waals surface area contributed by atoms with Crippen LogP contribution in [0, 0.1) is 5.82 Å². The molecule has 5 heteroatoms. The highest BCUT2D eigenvalue weighted by Crippen LogP contribution is 2.32. The maximum absolute atomic E-state index is 13.1. The molecule has 0 radical (unpaired) electrons. The summed E-state index contributed by atoms with van der Waals surface area (Å²) in [6.07, 6.45) is 0. The first-order valence-corrected chi connectivity index (χ1v) is 6.33. The Morgan fingerprint density at radius 3 is 2.74 bits per heavy atom. The van der Waals surface area contributed by atoms with Crippen molar-refractivity contribution in [3.8, 4) is 0 Å². The molecule has 0 saturated carbocycles. The second-order valence-electron chi connectivity index (χ2n) is 3.81. The van der Waals surface area contributed by atoms with Gasteiger partial charge in [0.2, 0.25) is 0 Å². The molecule has 0 aliphatic rings. The van der Waals surface area contributed by atoms with Crippen molar-refractivity contribution in [3.63, 3.8) is 0 Å². The predicted octanol–water partition coefficient (Wildman–Crippen LogP) is 3.35. The Labute approximate surface area is 114 Å². The van der Waals surface area contributed by atoms with E-state index in [-0.39, 0.29) is 5.82 Å². The van der Waals surface area contributed by atoms with Crippen molar-refractivity contribution < 1.29 is 13.9 Å². The lowest BCUT2D eigenvalue weighted by Gasteiger charge is -2.08. The number of nitrogen functional groups attached to an aromatic ring is 1. The van der Waals surface area contributed by atoms with E-state index in [1.54, 1.807) is 30.3 Å². The summed E-state index contributed by atoms with van der Waals surface area (Å²) < 4.78 is 17.8. The molecule has 0 heterocycles. The Morgan fingerprint density at radius 1 is 1.26 bits per heavy atom. The van der Waals surface area contributed by atoms with Crippen LogP contribution in [0.25, 0.3) is 0 Å². The number of halogens is 1. The average molecular weight is 277 g/mol. The molecule has 2 rings (SSSR count). The van der Waals surface area contributed by atoms with Crippen LogP contribution in [0.3, 0.4) is 0 Å². The van der Waals surface area contributed by atoms with Crippen LogP contribution in [0.5, 0.6) is 0 Å². The number of nitrogens with two attached hydrogens (primary N) is 1. The first kappa shape index (κ1) is 13.4. The molecular weight excluding hydrogens is 265 g/mol. The van der Waals surface area contributed by atoms with E-state index in [1.165, 1.54) is 31.0 Å². The molecule has 0 aliphatic heterocycles. The van der Waals surface area contributed by atoms with Gasteiger partial charge in [0.05, 0.1) is 12.7 Å². The number of rotatable bonds is 3. The molecule has 0 unspecified atom stereocenters. The number of hydrogen-bond acceptors (Lipinski definition) is 4. The van der Waals surface area contributed by atoms with E-state index in [1.807, 2.05) is 0 Å². The number of anilines is 1. The lowest BCUT2D eigenvalue weighted by atomic mass is 10.2. The molecule has 2 aromatic rings. The number of esters is 1. The zero-order valence-corrected chi connectivity index (χ0v) is 11.0. The summed E-state index contributed by atoms with van der Waals surface area (Å²) in [5, 5.41) is 0. The third-order valence-corrected chi connectivity index (χ3v) is 3.50. The lowest BCUT2D eigenvalue weighted by molar-refractivity contribution is 0.0597. The van der Waals surface area contributed by atoms with Gasteiger partial charge in [0.25, 0.3) is 0 Å². The van der Waals surface area contributed by atoms with Crippen molar-refractivity contribution in [1.29, 1.82) is 0 Å². The molecule has 0 bridgehead atoms. The van der Waals surface area contributed by atoms with Crippen LogP contribution in [-0.2, 0) is 4.74 Å². The summed E-state index contributed by atoms with van der Waals surface area (Å²) in [5.41, 5.74) is 6.51. The van der Waals surface area contributed by atoms with Gasteiger partial charge in [0.15, 0.2) is 0 Å². The lowest BCUT2D eigenvalue weighted by Crippen LogP contribution is -2.04. The maximum atomic E-state index is 13.1. The fourth-order valence-electron chi connectivity index (χ4n) is 1.56. The third-order valence-electron chi connectivity index (χ3n) is 2.43. The molecule has 0 fully saturated rings. The summed E-state index contributed by atoms with van der Waals surface area (Å²) in [6, 6.07) is 11.1. The second kappa shape index (κ2) is 5.75. The predicted molar refractivity (Wildman–Crippen MR) is 72.7 cm³/mol. The summed E-state index contributed by atoms with van der Waals surface area (Å²) in [7, 11) is 1.31. The molecule has 0 aromatic heterocycles. The van der Waals surface area contributed by atoms with Gasteiger partial charge in [-0.25, -0.2) is 9.18 Å². The van der Waals surface area contributed by atoms with Gasteiger partial charge in [0, 0.05) is 15.5 Å². The molecule has 0 saturated heterocycles. The monoisotopic (exact) mass is 277 g/mol. The SMILES string of the molecule is COC(=O)c1cc(N)ccc1Sc1cccc(F)c1. The number of carbonyl (C=O) groups is 1. The van der Waals surface area contributed by atoms with Crippen molar-refractivity contribution in [3.05, 3.63) is 53.8 Å². The maximum Gasteiger partial charge on any atom is 0.339 e.